The number of carboxylic acids is 1. The van der Waals surface area contributed by atoms with Gasteiger partial charge in [-0.3, -0.25) is 4.79 Å². The van der Waals surface area contributed by atoms with Crippen LogP contribution in [0.15, 0.2) is 16.6 Å². The summed E-state index contributed by atoms with van der Waals surface area (Å²) in [5.41, 5.74) is 3.58. The Balaban J connectivity index is 2.44. The number of hydrogen-bond donors (Lipinski definition) is 1. The molecule has 2 nitrogen and oxygen atoms in total. The predicted molar refractivity (Wildman–Crippen MR) is 66.8 cm³/mol. The van der Waals surface area contributed by atoms with Crippen molar-refractivity contribution < 1.29 is 9.90 Å². The van der Waals surface area contributed by atoms with Crippen molar-refractivity contribution in [2.45, 2.75) is 38.5 Å². The molecule has 1 N–H and O–H groups in total. The van der Waals surface area contributed by atoms with Gasteiger partial charge in [-0.15, -0.1) is 0 Å². The zero-order valence-electron chi connectivity index (χ0n) is 9.51. The molecule has 1 fully saturated rings. The van der Waals surface area contributed by atoms with E-state index in [1.54, 1.807) is 0 Å². The lowest BCUT2D eigenvalue weighted by atomic mass is 9.87. The van der Waals surface area contributed by atoms with Crippen molar-refractivity contribution in [3.05, 3.63) is 33.3 Å². The fourth-order valence-corrected chi connectivity index (χ4v) is 2.92. The molecule has 1 aromatic rings. The summed E-state index contributed by atoms with van der Waals surface area (Å²) in [5, 5.41) is 8.97. The van der Waals surface area contributed by atoms with Crippen LogP contribution in [0.3, 0.4) is 0 Å². The van der Waals surface area contributed by atoms with Gasteiger partial charge in [-0.25, -0.2) is 0 Å². The first kappa shape index (κ1) is 11.6. The van der Waals surface area contributed by atoms with E-state index in [2.05, 4.69) is 41.9 Å². The minimum atomic E-state index is -0.700. The highest BCUT2D eigenvalue weighted by atomic mass is 79.9. The highest BCUT2D eigenvalue weighted by Crippen LogP contribution is 2.52. The monoisotopic (exact) mass is 282 g/mol. The Labute approximate surface area is 104 Å². The van der Waals surface area contributed by atoms with Crippen LogP contribution in [-0.4, -0.2) is 11.1 Å². The number of carboxylic acid groups (broad SMARTS) is 1. The molecule has 16 heavy (non-hydrogen) atoms. The van der Waals surface area contributed by atoms with E-state index in [0.29, 0.717) is 0 Å². The molecule has 0 aromatic heterocycles. The minimum Gasteiger partial charge on any atom is -0.481 e. The van der Waals surface area contributed by atoms with Crippen LogP contribution in [0.2, 0.25) is 0 Å². The van der Waals surface area contributed by atoms with Crippen LogP contribution < -0.4 is 0 Å². The molecular weight excluding hydrogens is 268 g/mol. The van der Waals surface area contributed by atoms with E-state index in [4.69, 9.17) is 5.11 Å². The van der Waals surface area contributed by atoms with Gasteiger partial charge in [0.15, 0.2) is 0 Å². The first-order valence-corrected chi connectivity index (χ1v) is 6.23. The van der Waals surface area contributed by atoms with E-state index in [1.165, 1.54) is 16.7 Å². The van der Waals surface area contributed by atoms with Crippen molar-refractivity contribution in [1.29, 1.82) is 0 Å². The highest BCUT2D eigenvalue weighted by Gasteiger charge is 2.46. The Kier molecular flexibility index (Phi) is 2.82. The molecule has 1 aliphatic rings. The van der Waals surface area contributed by atoms with Gasteiger partial charge >= 0.3 is 5.97 Å². The molecule has 1 aliphatic carbocycles. The van der Waals surface area contributed by atoms with Gasteiger partial charge in [0.05, 0.1) is 6.42 Å². The van der Waals surface area contributed by atoms with Crippen LogP contribution in [0.1, 0.15) is 36.0 Å². The first-order valence-electron chi connectivity index (χ1n) is 5.44. The van der Waals surface area contributed by atoms with Gasteiger partial charge < -0.3 is 5.11 Å². The first-order chi connectivity index (χ1) is 7.44. The largest absolute Gasteiger partial charge is 0.481 e. The van der Waals surface area contributed by atoms with Crippen molar-refractivity contribution in [1.82, 2.24) is 0 Å². The molecule has 0 heterocycles. The van der Waals surface area contributed by atoms with Gasteiger partial charge in [-0.1, -0.05) is 15.9 Å². The van der Waals surface area contributed by atoms with E-state index in [9.17, 15) is 4.79 Å². The second-order valence-corrected chi connectivity index (χ2v) is 5.66. The quantitative estimate of drug-likeness (QED) is 0.920. The summed E-state index contributed by atoms with van der Waals surface area (Å²) >= 11 is 3.49. The van der Waals surface area contributed by atoms with Crippen LogP contribution in [0, 0.1) is 13.8 Å². The van der Waals surface area contributed by atoms with E-state index in [-0.39, 0.29) is 11.8 Å². The van der Waals surface area contributed by atoms with Gasteiger partial charge in [0.2, 0.25) is 0 Å². The van der Waals surface area contributed by atoms with Crippen LogP contribution in [0.4, 0.5) is 0 Å². The molecule has 0 atom stereocenters. The number of benzene rings is 1. The number of carbonyl (C=O) groups is 1. The van der Waals surface area contributed by atoms with Gasteiger partial charge in [0.1, 0.15) is 0 Å². The standard InChI is InChI=1S/C13H15BrO2/c1-8-5-10(14)6-11(9(8)2)13(3-4-13)7-12(15)16/h5-6H,3-4,7H2,1-2H3,(H,15,16). The highest BCUT2D eigenvalue weighted by molar-refractivity contribution is 9.10. The third-order valence-corrected chi connectivity index (χ3v) is 4.00. The second-order valence-electron chi connectivity index (χ2n) is 4.75. The van der Waals surface area contributed by atoms with Crippen molar-refractivity contribution >= 4 is 21.9 Å². The summed E-state index contributed by atoms with van der Waals surface area (Å²) in [6.45, 7) is 4.15. The van der Waals surface area contributed by atoms with E-state index in [0.717, 1.165) is 17.3 Å². The summed E-state index contributed by atoms with van der Waals surface area (Å²) in [7, 11) is 0. The van der Waals surface area contributed by atoms with E-state index < -0.39 is 5.97 Å². The minimum absolute atomic E-state index is 0.0928. The topological polar surface area (TPSA) is 37.3 Å². The molecular formula is C13H15BrO2. The molecule has 0 unspecified atom stereocenters. The lowest BCUT2D eigenvalue weighted by Crippen LogP contribution is -2.14. The Bertz CT molecular complexity index is 447. The van der Waals surface area contributed by atoms with E-state index in [1.807, 2.05) is 0 Å². The number of halogens is 1. The molecule has 3 heteroatoms. The van der Waals surface area contributed by atoms with Crippen LogP contribution in [-0.2, 0) is 10.2 Å². The van der Waals surface area contributed by atoms with Gasteiger partial charge in [-0.05, 0) is 55.5 Å². The molecule has 1 saturated carbocycles. The molecule has 0 saturated heterocycles. The molecule has 0 bridgehead atoms. The molecule has 0 radical (unpaired) electrons. The third-order valence-electron chi connectivity index (χ3n) is 3.55. The average Bonchev–Trinajstić information content (AvgIpc) is 2.91. The lowest BCUT2D eigenvalue weighted by Gasteiger charge is -2.18. The maximum absolute atomic E-state index is 10.9. The second kappa shape index (κ2) is 3.88. The Morgan fingerprint density at radius 3 is 2.56 bits per heavy atom. The molecule has 86 valence electrons. The van der Waals surface area contributed by atoms with Crippen LogP contribution in [0.5, 0.6) is 0 Å². The average molecular weight is 283 g/mol. The summed E-state index contributed by atoms with van der Waals surface area (Å²) in [4.78, 5) is 10.9. The number of hydrogen-bond acceptors (Lipinski definition) is 1. The Morgan fingerprint density at radius 2 is 2.06 bits per heavy atom. The Morgan fingerprint density at radius 1 is 1.44 bits per heavy atom. The molecule has 0 spiro atoms. The third kappa shape index (κ3) is 2.01. The lowest BCUT2D eigenvalue weighted by molar-refractivity contribution is -0.137. The fraction of sp³-hybridized carbons (Fsp3) is 0.462. The zero-order chi connectivity index (χ0) is 11.9. The SMILES string of the molecule is Cc1cc(Br)cc(C2(CC(=O)O)CC2)c1C. The van der Waals surface area contributed by atoms with Gasteiger partial charge in [0.25, 0.3) is 0 Å². The zero-order valence-corrected chi connectivity index (χ0v) is 11.1. The van der Waals surface area contributed by atoms with Crippen molar-refractivity contribution in [3.63, 3.8) is 0 Å². The number of rotatable bonds is 3. The normalized spacial score (nSPS) is 17.2. The van der Waals surface area contributed by atoms with Gasteiger partial charge in [-0.2, -0.15) is 0 Å². The Hall–Kier alpha value is -0.830. The smallest absolute Gasteiger partial charge is 0.304 e. The van der Waals surface area contributed by atoms with Crippen molar-refractivity contribution in [2.75, 3.05) is 0 Å². The summed E-state index contributed by atoms with van der Waals surface area (Å²) in [6.07, 6.45) is 2.25. The van der Waals surface area contributed by atoms with Crippen molar-refractivity contribution in [2.24, 2.45) is 0 Å². The van der Waals surface area contributed by atoms with Crippen LogP contribution >= 0.6 is 15.9 Å². The number of aliphatic carboxylic acids is 1. The molecule has 2 rings (SSSR count). The van der Waals surface area contributed by atoms with Gasteiger partial charge in [0, 0.05) is 9.89 Å². The summed E-state index contributed by atoms with van der Waals surface area (Å²) < 4.78 is 1.04. The van der Waals surface area contributed by atoms with Crippen LogP contribution in [0.25, 0.3) is 0 Å². The maximum atomic E-state index is 10.9. The van der Waals surface area contributed by atoms with Crippen molar-refractivity contribution in [3.8, 4) is 0 Å². The fourth-order valence-electron chi connectivity index (χ4n) is 2.35. The summed E-state index contributed by atoms with van der Waals surface area (Å²) in [6, 6.07) is 4.16. The maximum Gasteiger partial charge on any atom is 0.304 e. The predicted octanol–water partition coefficient (Wildman–Crippen LogP) is 3.57. The molecule has 1 aromatic carbocycles. The van der Waals surface area contributed by atoms with E-state index >= 15 is 0 Å². The summed E-state index contributed by atoms with van der Waals surface area (Å²) in [5.74, 6) is -0.700. The number of aryl methyl sites for hydroxylation is 1. The molecule has 0 amide bonds. The molecule has 0 aliphatic heterocycles.